The molecule has 1 atom stereocenters. The van der Waals surface area contributed by atoms with Crippen molar-refractivity contribution in [3.05, 3.63) is 5.51 Å². The first-order chi connectivity index (χ1) is 5.67. The number of hydrogen-bond donors (Lipinski definition) is 1. The molecule has 1 aliphatic rings. The Labute approximate surface area is 74.9 Å². The molecule has 0 spiro atoms. The van der Waals surface area contributed by atoms with Crippen molar-refractivity contribution in [2.45, 2.75) is 18.9 Å². The molecule has 1 unspecified atom stereocenters. The van der Waals surface area contributed by atoms with E-state index < -0.39 is 5.60 Å². The molecule has 0 amide bonds. The lowest BCUT2D eigenvalue weighted by atomic mass is 10.1. The van der Waals surface area contributed by atoms with Gasteiger partial charge in [0.2, 0.25) is 5.13 Å². The van der Waals surface area contributed by atoms with Crippen molar-refractivity contribution in [3.8, 4) is 0 Å². The van der Waals surface area contributed by atoms with E-state index in [0.717, 1.165) is 18.1 Å². The molecule has 0 radical (unpaired) electrons. The molecule has 1 aromatic heterocycles. The van der Waals surface area contributed by atoms with Gasteiger partial charge in [0.25, 0.3) is 0 Å². The first-order valence-corrected chi connectivity index (χ1v) is 4.79. The van der Waals surface area contributed by atoms with Crippen LogP contribution in [0.1, 0.15) is 13.3 Å². The fraction of sp³-hybridized carbons (Fsp3) is 0.714. The van der Waals surface area contributed by atoms with E-state index in [1.54, 1.807) is 5.51 Å². The molecule has 2 rings (SSSR count). The molecule has 5 heteroatoms. The van der Waals surface area contributed by atoms with E-state index in [0.29, 0.717) is 6.54 Å². The minimum atomic E-state index is -0.550. The lowest BCUT2D eigenvalue weighted by molar-refractivity contribution is 0.0839. The van der Waals surface area contributed by atoms with E-state index in [2.05, 4.69) is 15.1 Å². The number of aromatic nitrogens is 2. The molecule has 0 aliphatic carbocycles. The average molecular weight is 185 g/mol. The number of nitrogens with zero attached hydrogens (tertiary/aromatic N) is 3. The zero-order valence-corrected chi connectivity index (χ0v) is 7.71. The first-order valence-electron chi connectivity index (χ1n) is 3.91. The van der Waals surface area contributed by atoms with Crippen LogP contribution in [0.4, 0.5) is 5.13 Å². The highest BCUT2D eigenvalue weighted by atomic mass is 32.1. The molecule has 4 nitrogen and oxygen atoms in total. The first kappa shape index (κ1) is 7.94. The van der Waals surface area contributed by atoms with Crippen LogP contribution in [0.25, 0.3) is 0 Å². The van der Waals surface area contributed by atoms with Crippen LogP contribution in [0.3, 0.4) is 0 Å². The Morgan fingerprint density at radius 1 is 1.75 bits per heavy atom. The summed E-state index contributed by atoms with van der Waals surface area (Å²) < 4.78 is 0. The molecule has 2 heterocycles. The Hall–Kier alpha value is -0.680. The fourth-order valence-electron chi connectivity index (χ4n) is 1.41. The lowest BCUT2D eigenvalue weighted by Gasteiger charge is -2.17. The molecule has 66 valence electrons. The third kappa shape index (κ3) is 1.42. The molecule has 1 aromatic rings. The summed E-state index contributed by atoms with van der Waals surface area (Å²) in [6, 6.07) is 0. The molecule has 1 aliphatic heterocycles. The van der Waals surface area contributed by atoms with E-state index in [9.17, 15) is 5.11 Å². The number of aliphatic hydroxyl groups is 1. The Morgan fingerprint density at radius 2 is 2.58 bits per heavy atom. The third-order valence-corrected chi connectivity index (χ3v) is 2.82. The van der Waals surface area contributed by atoms with Crippen LogP contribution in [0.15, 0.2) is 5.51 Å². The molecule has 0 saturated carbocycles. The van der Waals surface area contributed by atoms with Crippen molar-refractivity contribution >= 4 is 16.5 Å². The second-order valence-corrected chi connectivity index (χ2v) is 4.20. The van der Waals surface area contributed by atoms with Gasteiger partial charge >= 0.3 is 0 Å². The summed E-state index contributed by atoms with van der Waals surface area (Å²) >= 11 is 1.51. The zero-order chi connectivity index (χ0) is 8.60. The summed E-state index contributed by atoms with van der Waals surface area (Å²) in [6.07, 6.45) is 0.812. The molecule has 1 fully saturated rings. The maximum atomic E-state index is 9.68. The third-order valence-electron chi connectivity index (χ3n) is 2.07. The van der Waals surface area contributed by atoms with Crippen molar-refractivity contribution < 1.29 is 5.11 Å². The Kier molecular flexibility index (Phi) is 1.77. The van der Waals surface area contributed by atoms with Crippen LogP contribution in [0.5, 0.6) is 0 Å². The van der Waals surface area contributed by atoms with Gasteiger partial charge in [0.15, 0.2) is 0 Å². The molecular weight excluding hydrogens is 174 g/mol. The van der Waals surface area contributed by atoms with E-state index in [-0.39, 0.29) is 0 Å². The predicted molar refractivity (Wildman–Crippen MR) is 47.4 cm³/mol. The molecule has 0 aromatic carbocycles. The van der Waals surface area contributed by atoms with Crippen molar-refractivity contribution in [1.29, 1.82) is 0 Å². The number of hydrogen-bond acceptors (Lipinski definition) is 5. The van der Waals surface area contributed by atoms with Crippen molar-refractivity contribution in [3.63, 3.8) is 0 Å². The second kappa shape index (κ2) is 2.67. The zero-order valence-electron chi connectivity index (χ0n) is 6.90. The highest BCUT2D eigenvalue weighted by molar-refractivity contribution is 7.13. The van der Waals surface area contributed by atoms with Gasteiger partial charge in [-0.15, -0.1) is 10.2 Å². The summed E-state index contributed by atoms with van der Waals surface area (Å²) in [5.41, 5.74) is 1.16. The van der Waals surface area contributed by atoms with Gasteiger partial charge in [0, 0.05) is 13.1 Å². The van der Waals surface area contributed by atoms with Gasteiger partial charge in [-0.05, 0) is 13.3 Å². The van der Waals surface area contributed by atoms with Gasteiger partial charge < -0.3 is 10.0 Å². The summed E-state index contributed by atoms with van der Waals surface area (Å²) in [7, 11) is 0. The number of rotatable bonds is 1. The van der Waals surface area contributed by atoms with Crippen LogP contribution in [-0.2, 0) is 0 Å². The highest BCUT2D eigenvalue weighted by Gasteiger charge is 2.32. The van der Waals surface area contributed by atoms with Gasteiger partial charge in [0.1, 0.15) is 5.51 Å². The normalized spacial score (nSPS) is 29.7. The summed E-state index contributed by atoms with van der Waals surface area (Å²) in [4.78, 5) is 2.07. The second-order valence-electron chi connectivity index (χ2n) is 3.39. The molecular formula is C7H11N3OS. The van der Waals surface area contributed by atoms with E-state index in [1.807, 2.05) is 6.92 Å². The van der Waals surface area contributed by atoms with Gasteiger partial charge in [-0.1, -0.05) is 11.3 Å². The van der Waals surface area contributed by atoms with Crippen LogP contribution in [-0.4, -0.2) is 34.0 Å². The Bertz CT molecular complexity index is 260. The maximum Gasteiger partial charge on any atom is 0.208 e. The van der Waals surface area contributed by atoms with Crippen LogP contribution >= 0.6 is 11.3 Å². The lowest BCUT2D eigenvalue weighted by Crippen LogP contribution is -2.29. The summed E-state index contributed by atoms with van der Waals surface area (Å²) in [5.74, 6) is 0. The Balaban J connectivity index is 2.10. The highest BCUT2D eigenvalue weighted by Crippen LogP contribution is 2.26. The van der Waals surface area contributed by atoms with Crippen molar-refractivity contribution in [1.82, 2.24) is 10.2 Å². The van der Waals surface area contributed by atoms with E-state index >= 15 is 0 Å². The van der Waals surface area contributed by atoms with Gasteiger partial charge in [-0.2, -0.15) is 0 Å². The fourth-order valence-corrected chi connectivity index (χ4v) is 2.00. The molecule has 1 saturated heterocycles. The minimum absolute atomic E-state index is 0.550. The number of anilines is 1. The van der Waals surface area contributed by atoms with Crippen LogP contribution in [0.2, 0.25) is 0 Å². The Morgan fingerprint density at radius 3 is 3.08 bits per heavy atom. The summed E-state index contributed by atoms with van der Waals surface area (Å²) in [6.45, 7) is 3.40. The van der Waals surface area contributed by atoms with Crippen molar-refractivity contribution in [2.24, 2.45) is 0 Å². The van der Waals surface area contributed by atoms with Gasteiger partial charge in [-0.3, -0.25) is 0 Å². The number of β-amino-alcohol motifs (C(OH)–C–C–N with tert-alkyl or cyclic N) is 1. The smallest absolute Gasteiger partial charge is 0.208 e. The van der Waals surface area contributed by atoms with Crippen LogP contribution in [0, 0.1) is 0 Å². The average Bonchev–Trinajstić information content (AvgIpc) is 2.55. The standard InChI is InChI=1S/C7H11N3OS/c1-7(11)2-3-10(4-7)6-9-8-5-12-6/h5,11H,2-4H2,1H3. The van der Waals surface area contributed by atoms with Crippen LogP contribution < -0.4 is 4.90 Å². The van der Waals surface area contributed by atoms with E-state index in [4.69, 9.17) is 0 Å². The maximum absolute atomic E-state index is 9.68. The summed E-state index contributed by atoms with van der Waals surface area (Å²) in [5, 5.41) is 18.3. The minimum Gasteiger partial charge on any atom is -0.388 e. The monoisotopic (exact) mass is 185 g/mol. The molecule has 12 heavy (non-hydrogen) atoms. The largest absolute Gasteiger partial charge is 0.388 e. The molecule has 0 bridgehead atoms. The van der Waals surface area contributed by atoms with Gasteiger partial charge in [-0.25, -0.2) is 0 Å². The van der Waals surface area contributed by atoms with Gasteiger partial charge in [0.05, 0.1) is 5.60 Å². The van der Waals surface area contributed by atoms with Crippen molar-refractivity contribution in [2.75, 3.05) is 18.0 Å². The predicted octanol–water partition coefficient (Wildman–Crippen LogP) is 0.499. The SMILES string of the molecule is CC1(O)CCN(c2nncs2)C1. The van der Waals surface area contributed by atoms with E-state index in [1.165, 1.54) is 11.3 Å². The quantitative estimate of drug-likeness (QED) is 0.692. The molecule has 1 N–H and O–H groups in total. The topological polar surface area (TPSA) is 49.2 Å².